The van der Waals surface area contributed by atoms with Crippen LogP contribution in [0, 0.1) is 11.7 Å². The van der Waals surface area contributed by atoms with Gasteiger partial charge in [-0.25, -0.2) is 4.39 Å². The van der Waals surface area contributed by atoms with Gasteiger partial charge in [-0.2, -0.15) is 0 Å². The summed E-state index contributed by atoms with van der Waals surface area (Å²) in [5.74, 6) is 0.218. The highest BCUT2D eigenvalue weighted by Crippen LogP contribution is 2.28. The molecule has 0 aliphatic heterocycles. The Balaban J connectivity index is 2.10. The number of hydrogen-bond donors (Lipinski definition) is 1. The number of carbonyl (C=O) groups is 1. The highest BCUT2D eigenvalue weighted by Gasteiger charge is 2.26. The normalized spacial score (nSPS) is 23.1. The fourth-order valence-corrected chi connectivity index (χ4v) is 2.71. The van der Waals surface area contributed by atoms with Gasteiger partial charge >= 0.3 is 0 Å². The van der Waals surface area contributed by atoms with Gasteiger partial charge in [0.1, 0.15) is 5.82 Å². The molecular weight excluding hydrogens is 243 g/mol. The minimum absolute atomic E-state index is 0.114. The number of anilines is 1. The Kier molecular flexibility index (Phi) is 4.08. The van der Waals surface area contributed by atoms with Gasteiger partial charge in [0.25, 0.3) is 5.91 Å². The minimum Gasteiger partial charge on any atom is -0.398 e. The standard InChI is InChI=1S/C15H21FN2O/c1-10-3-6-12(7-4-10)18(2)15(19)13-8-5-11(16)9-14(13)17/h5,8-10,12H,3-4,6-7,17H2,1-2H3. The van der Waals surface area contributed by atoms with E-state index in [1.165, 1.54) is 18.2 Å². The predicted octanol–water partition coefficient (Wildman–Crippen LogP) is 3.06. The SMILES string of the molecule is CC1CCC(N(C)C(=O)c2ccc(F)cc2N)CC1. The van der Waals surface area contributed by atoms with Crippen molar-refractivity contribution in [3.05, 3.63) is 29.6 Å². The molecule has 0 heterocycles. The van der Waals surface area contributed by atoms with Crippen LogP contribution in [-0.4, -0.2) is 23.9 Å². The summed E-state index contributed by atoms with van der Waals surface area (Å²) in [4.78, 5) is 14.1. The van der Waals surface area contributed by atoms with Gasteiger partial charge in [-0.3, -0.25) is 4.79 Å². The third-order valence-corrected chi connectivity index (χ3v) is 4.10. The summed E-state index contributed by atoms with van der Waals surface area (Å²) in [6.45, 7) is 2.25. The van der Waals surface area contributed by atoms with E-state index in [1.54, 1.807) is 4.90 Å². The summed E-state index contributed by atoms with van der Waals surface area (Å²) < 4.78 is 13.0. The molecule has 0 aromatic heterocycles. The highest BCUT2D eigenvalue weighted by molar-refractivity contribution is 5.99. The van der Waals surface area contributed by atoms with E-state index >= 15 is 0 Å². The largest absolute Gasteiger partial charge is 0.398 e. The van der Waals surface area contributed by atoms with Crippen molar-refractivity contribution >= 4 is 11.6 Å². The van der Waals surface area contributed by atoms with Crippen LogP contribution in [0.3, 0.4) is 0 Å². The number of carbonyl (C=O) groups excluding carboxylic acids is 1. The summed E-state index contributed by atoms with van der Waals surface area (Å²) in [5.41, 5.74) is 6.32. The Labute approximate surface area is 113 Å². The molecule has 1 aliphatic rings. The zero-order chi connectivity index (χ0) is 14.0. The van der Waals surface area contributed by atoms with Crippen LogP contribution in [0.25, 0.3) is 0 Å². The zero-order valence-electron chi connectivity index (χ0n) is 11.5. The molecule has 0 saturated heterocycles. The third kappa shape index (κ3) is 3.06. The number of nitrogens with two attached hydrogens (primary N) is 1. The molecule has 1 saturated carbocycles. The minimum atomic E-state index is -0.414. The van der Waals surface area contributed by atoms with Gasteiger partial charge in [0.2, 0.25) is 0 Å². The second-order valence-corrected chi connectivity index (χ2v) is 5.56. The Morgan fingerprint density at radius 1 is 1.32 bits per heavy atom. The molecule has 1 aromatic carbocycles. The average Bonchev–Trinajstić information content (AvgIpc) is 2.38. The first-order valence-electron chi connectivity index (χ1n) is 6.81. The summed E-state index contributed by atoms with van der Waals surface area (Å²) in [5, 5.41) is 0. The summed E-state index contributed by atoms with van der Waals surface area (Å²) in [7, 11) is 1.81. The molecule has 3 nitrogen and oxygen atoms in total. The smallest absolute Gasteiger partial charge is 0.255 e. The van der Waals surface area contributed by atoms with Crippen LogP contribution in [-0.2, 0) is 0 Å². The van der Waals surface area contributed by atoms with Crippen LogP contribution >= 0.6 is 0 Å². The van der Waals surface area contributed by atoms with Crippen LogP contribution in [0.2, 0.25) is 0 Å². The lowest BCUT2D eigenvalue weighted by Crippen LogP contribution is -2.39. The molecule has 0 spiro atoms. The molecule has 4 heteroatoms. The van der Waals surface area contributed by atoms with Crippen LogP contribution < -0.4 is 5.73 Å². The summed E-state index contributed by atoms with van der Waals surface area (Å²) in [6.07, 6.45) is 4.37. The van der Waals surface area contributed by atoms with E-state index in [-0.39, 0.29) is 17.6 Å². The maximum Gasteiger partial charge on any atom is 0.255 e. The van der Waals surface area contributed by atoms with Gasteiger partial charge in [-0.05, 0) is 49.8 Å². The maximum absolute atomic E-state index is 13.0. The first-order chi connectivity index (χ1) is 8.99. The van der Waals surface area contributed by atoms with Crippen molar-refractivity contribution in [2.75, 3.05) is 12.8 Å². The quantitative estimate of drug-likeness (QED) is 0.834. The lowest BCUT2D eigenvalue weighted by molar-refractivity contribution is 0.0680. The first-order valence-corrected chi connectivity index (χ1v) is 6.81. The average molecular weight is 264 g/mol. The number of amides is 1. The van der Waals surface area contributed by atoms with E-state index in [2.05, 4.69) is 6.92 Å². The van der Waals surface area contributed by atoms with Gasteiger partial charge in [-0.1, -0.05) is 6.92 Å². The number of nitrogen functional groups attached to an aromatic ring is 1. The Morgan fingerprint density at radius 2 is 1.95 bits per heavy atom. The molecule has 1 fully saturated rings. The highest BCUT2D eigenvalue weighted by atomic mass is 19.1. The molecule has 0 radical (unpaired) electrons. The number of halogens is 1. The van der Waals surface area contributed by atoms with Gasteiger partial charge < -0.3 is 10.6 Å². The summed E-state index contributed by atoms with van der Waals surface area (Å²) >= 11 is 0. The topological polar surface area (TPSA) is 46.3 Å². The molecule has 1 aliphatic carbocycles. The van der Waals surface area contributed by atoms with Crippen molar-refractivity contribution in [2.24, 2.45) is 5.92 Å². The lowest BCUT2D eigenvalue weighted by atomic mass is 9.86. The van der Waals surface area contributed by atoms with Crippen LogP contribution in [0.1, 0.15) is 43.0 Å². The van der Waals surface area contributed by atoms with Crippen LogP contribution in [0.5, 0.6) is 0 Å². The van der Waals surface area contributed by atoms with Crippen molar-refractivity contribution in [2.45, 2.75) is 38.6 Å². The number of nitrogens with zero attached hydrogens (tertiary/aromatic N) is 1. The number of benzene rings is 1. The molecule has 2 rings (SSSR count). The van der Waals surface area contributed by atoms with Crippen molar-refractivity contribution in [1.29, 1.82) is 0 Å². The number of hydrogen-bond acceptors (Lipinski definition) is 2. The Hall–Kier alpha value is -1.58. The molecule has 2 N–H and O–H groups in total. The van der Waals surface area contributed by atoms with E-state index in [0.29, 0.717) is 5.56 Å². The van der Waals surface area contributed by atoms with Crippen LogP contribution in [0.4, 0.5) is 10.1 Å². The second-order valence-electron chi connectivity index (χ2n) is 5.56. The van der Waals surface area contributed by atoms with Crippen molar-refractivity contribution in [3.8, 4) is 0 Å². The van der Waals surface area contributed by atoms with Gasteiger partial charge in [0.15, 0.2) is 0 Å². The fraction of sp³-hybridized carbons (Fsp3) is 0.533. The monoisotopic (exact) mass is 264 g/mol. The molecule has 1 aromatic rings. The maximum atomic E-state index is 13.0. The van der Waals surface area contributed by atoms with E-state index in [0.717, 1.165) is 31.6 Å². The van der Waals surface area contributed by atoms with Gasteiger partial charge in [0.05, 0.1) is 5.56 Å². The Morgan fingerprint density at radius 3 is 2.53 bits per heavy atom. The molecule has 19 heavy (non-hydrogen) atoms. The Bertz CT molecular complexity index is 467. The molecular formula is C15H21FN2O. The summed E-state index contributed by atoms with van der Waals surface area (Å²) in [6, 6.07) is 4.22. The fourth-order valence-electron chi connectivity index (χ4n) is 2.71. The first kappa shape index (κ1) is 13.8. The molecule has 0 unspecified atom stereocenters. The lowest BCUT2D eigenvalue weighted by Gasteiger charge is -2.33. The molecule has 0 bridgehead atoms. The zero-order valence-corrected chi connectivity index (χ0v) is 11.5. The van der Waals surface area contributed by atoms with E-state index in [1.807, 2.05) is 7.05 Å². The van der Waals surface area contributed by atoms with E-state index < -0.39 is 5.82 Å². The second kappa shape index (κ2) is 5.59. The third-order valence-electron chi connectivity index (χ3n) is 4.10. The van der Waals surface area contributed by atoms with Crippen molar-refractivity contribution in [3.63, 3.8) is 0 Å². The van der Waals surface area contributed by atoms with E-state index in [9.17, 15) is 9.18 Å². The van der Waals surface area contributed by atoms with Gasteiger partial charge in [0, 0.05) is 18.8 Å². The van der Waals surface area contributed by atoms with E-state index in [4.69, 9.17) is 5.73 Å². The van der Waals surface area contributed by atoms with Crippen molar-refractivity contribution < 1.29 is 9.18 Å². The molecule has 0 atom stereocenters. The number of rotatable bonds is 2. The predicted molar refractivity (Wildman–Crippen MR) is 74.3 cm³/mol. The van der Waals surface area contributed by atoms with Crippen molar-refractivity contribution in [1.82, 2.24) is 4.90 Å². The van der Waals surface area contributed by atoms with Gasteiger partial charge in [-0.15, -0.1) is 0 Å². The molecule has 1 amide bonds. The van der Waals surface area contributed by atoms with Crippen LogP contribution in [0.15, 0.2) is 18.2 Å². The molecule has 104 valence electrons.